The van der Waals surface area contributed by atoms with E-state index in [1.807, 2.05) is 11.8 Å². The molecule has 0 spiro atoms. The molecule has 0 aliphatic rings. The zero-order chi connectivity index (χ0) is 12.6. The van der Waals surface area contributed by atoms with E-state index >= 15 is 0 Å². The first-order valence-electron chi connectivity index (χ1n) is 5.81. The topological polar surface area (TPSA) is 81.6 Å². The molecule has 0 aliphatic carbocycles. The number of amides is 1. The van der Waals surface area contributed by atoms with Gasteiger partial charge in [0.05, 0.1) is 12.6 Å². The van der Waals surface area contributed by atoms with E-state index in [0.717, 1.165) is 6.54 Å². The summed E-state index contributed by atoms with van der Waals surface area (Å²) >= 11 is 0. The Labute approximate surface area is 98.1 Å². The maximum absolute atomic E-state index is 10.9. The maximum atomic E-state index is 10.9. The third-order valence-corrected chi connectivity index (χ3v) is 2.13. The van der Waals surface area contributed by atoms with E-state index in [9.17, 15) is 4.79 Å². The molecule has 0 rings (SSSR count). The van der Waals surface area contributed by atoms with Crippen molar-refractivity contribution in [2.24, 2.45) is 17.4 Å². The second-order valence-corrected chi connectivity index (χ2v) is 4.37. The molecule has 0 saturated carbocycles. The van der Waals surface area contributed by atoms with Gasteiger partial charge in [-0.3, -0.25) is 9.69 Å². The molecule has 0 heterocycles. The predicted molar refractivity (Wildman–Crippen MR) is 64.9 cm³/mol. The van der Waals surface area contributed by atoms with Crippen LogP contribution in [0.3, 0.4) is 0 Å². The van der Waals surface area contributed by atoms with Crippen molar-refractivity contribution in [2.45, 2.75) is 26.9 Å². The molecule has 0 radical (unpaired) electrons. The van der Waals surface area contributed by atoms with Gasteiger partial charge in [-0.1, -0.05) is 13.8 Å². The minimum absolute atomic E-state index is 0.0249. The van der Waals surface area contributed by atoms with Gasteiger partial charge < -0.3 is 16.2 Å². The zero-order valence-corrected chi connectivity index (χ0v) is 10.6. The van der Waals surface area contributed by atoms with Crippen molar-refractivity contribution in [1.29, 1.82) is 0 Å². The van der Waals surface area contributed by atoms with Gasteiger partial charge in [-0.2, -0.15) is 0 Å². The van der Waals surface area contributed by atoms with Crippen molar-refractivity contribution in [3.63, 3.8) is 0 Å². The van der Waals surface area contributed by atoms with Gasteiger partial charge >= 0.3 is 0 Å². The summed E-state index contributed by atoms with van der Waals surface area (Å²) in [5.74, 6) is 0.173. The fourth-order valence-electron chi connectivity index (χ4n) is 1.66. The van der Waals surface area contributed by atoms with E-state index in [0.29, 0.717) is 25.6 Å². The zero-order valence-electron chi connectivity index (χ0n) is 10.6. The Morgan fingerprint density at radius 1 is 1.38 bits per heavy atom. The molecule has 0 saturated heterocycles. The Morgan fingerprint density at radius 3 is 2.38 bits per heavy atom. The van der Waals surface area contributed by atoms with Crippen molar-refractivity contribution < 1.29 is 9.53 Å². The van der Waals surface area contributed by atoms with E-state index in [1.165, 1.54) is 0 Å². The van der Waals surface area contributed by atoms with Gasteiger partial charge in [-0.15, -0.1) is 0 Å². The number of hydrogen-bond donors (Lipinski definition) is 2. The molecule has 96 valence electrons. The van der Waals surface area contributed by atoms with E-state index in [1.54, 1.807) is 0 Å². The molecule has 0 aromatic rings. The van der Waals surface area contributed by atoms with Crippen LogP contribution in [0.25, 0.3) is 0 Å². The lowest BCUT2D eigenvalue weighted by molar-refractivity contribution is -0.119. The minimum atomic E-state index is -0.312. The molecule has 0 fully saturated rings. The van der Waals surface area contributed by atoms with Gasteiger partial charge in [0.15, 0.2) is 0 Å². The summed E-state index contributed by atoms with van der Waals surface area (Å²) < 4.78 is 5.47. The summed E-state index contributed by atoms with van der Waals surface area (Å²) in [5, 5.41) is 0. The average Bonchev–Trinajstić information content (AvgIpc) is 2.14. The van der Waals surface area contributed by atoms with Crippen LogP contribution >= 0.6 is 0 Å². The third-order valence-electron chi connectivity index (χ3n) is 2.13. The molecule has 16 heavy (non-hydrogen) atoms. The van der Waals surface area contributed by atoms with Crippen LogP contribution in [0, 0.1) is 5.92 Å². The quantitative estimate of drug-likeness (QED) is 0.575. The summed E-state index contributed by atoms with van der Waals surface area (Å²) in [5.41, 5.74) is 10.8. The Balaban J connectivity index is 4.20. The van der Waals surface area contributed by atoms with Crippen molar-refractivity contribution >= 4 is 5.91 Å². The minimum Gasteiger partial charge on any atom is -0.376 e. The number of rotatable bonds is 9. The third kappa shape index (κ3) is 7.62. The number of nitrogens with two attached hydrogens (primary N) is 2. The summed E-state index contributed by atoms with van der Waals surface area (Å²) in [6.07, 6.45) is -0.0249. The molecule has 0 aromatic carbocycles. The van der Waals surface area contributed by atoms with Crippen molar-refractivity contribution in [1.82, 2.24) is 4.90 Å². The smallest absolute Gasteiger partial charge is 0.231 e. The van der Waals surface area contributed by atoms with Crippen LogP contribution in [-0.2, 0) is 9.53 Å². The molecule has 0 aliphatic heterocycles. The normalized spacial score (nSPS) is 13.4. The first-order chi connectivity index (χ1) is 7.49. The van der Waals surface area contributed by atoms with Gasteiger partial charge in [-0.05, 0) is 12.8 Å². The average molecular weight is 231 g/mol. The molecule has 1 atom stereocenters. The van der Waals surface area contributed by atoms with Crippen LogP contribution in [0.2, 0.25) is 0 Å². The molecule has 0 bridgehead atoms. The summed E-state index contributed by atoms with van der Waals surface area (Å²) in [6, 6.07) is 0. The van der Waals surface area contributed by atoms with Crippen LogP contribution in [-0.4, -0.2) is 49.7 Å². The highest BCUT2D eigenvalue weighted by Crippen LogP contribution is 2.01. The van der Waals surface area contributed by atoms with E-state index in [-0.39, 0.29) is 18.6 Å². The van der Waals surface area contributed by atoms with Gasteiger partial charge in [0.25, 0.3) is 0 Å². The largest absolute Gasteiger partial charge is 0.376 e. The summed E-state index contributed by atoms with van der Waals surface area (Å²) in [4.78, 5) is 12.9. The fraction of sp³-hybridized carbons (Fsp3) is 0.909. The molecular weight excluding hydrogens is 206 g/mol. The number of ether oxygens (including phenoxy) is 1. The van der Waals surface area contributed by atoms with Crippen LogP contribution in [0.5, 0.6) is 0 Å². The Bertz CT molecular complexity index is 198. The van der Waals surface area contributed by atoms with E-state index in [4.69, 9.17) is 16.2 Å². The van der Waals surface area contributed by atoms with Gasteiger partial charge in [0.1, 0.15) is 0 Å². The second kappa shape index (κ2) is 8.50. The number of hydrogen-bond acceptors (Lipinski definition) is 4. The van der Waals surface area contributed by atoms with Gasteiger partial charge in [0, 0.05) is 26.2 Å². The lowest BCUT2D eigenvalue weighted by atomic mass is 10.2. The van der Waals surface area contributed by atoms with Crippen molar-refractivity contribution in [2.75, 3.05) is 32.8 Å². The Morgan fingerprint density at radius 2 is 2.00 bits per heavy atom. The standard InChI is InChI=1S/C11H25N3O2/c1-4-16-10(5-12)7-14(6-9(2)3)8-11(13)15/h9-10H,4-8,12H2,1-3H3,(H2,13,15). The SMILES string of the molecule is CCOC(CN)CN(CC(N)=O)CC(C)C. The Kier molecular flexibility index (Phi) is 8.15. The number of carbonyl (C=O) groups excluding carboxylic acids is 1. The molecule has 5 heteroatoms. The highest BCUT2D eigenvalue weighted by Gasteiger charge is 2.15. The van der Waals surface area contributed by atoms with Crippen LogP contribution in [0.1, 0.15) is 20.8 Å². The summed E-state index contributed by atoms with van der Waals surface area (Å²) in [7, 11) is 0. The number of nitrogens with zero attached hydrogens (tertiary/aromatic N) is 1. The highest BCUT2D eigenvalue weighted by molar-refractivity contribution is 5.75. The fourth-order valence-corrected chi connectivity index (χ4v) is 1.66. The van der Waals surface area contributed by atoms with E-state index in [2.05, 4.69) is 13.8 Å². The lowest BCUT2D eigenvalue weighted by Crippen LogP contribution is -2.43. The first-order valence-corrected chi connectivity index (χ1v) is 5.81. The van der Waals surface area contributed by atoms with Gasteiger partial charge in [0.2, 0.25) is 5.91 Å². The molecular formula is C11H25N3O2. The maximum Gasteiger partial charge on any atom is 0.231 e. The molecule has 1 unspecified atom stereocenters. The number of carbonyl (C=O) groups is 1. The molecule has 0 aromatic heterocycles. The molecule has 5 nitrogen and oxygen atoms in total. The first kappa shape index (κ1) is 15.3. The van der Waals surface area contributed by atoms with Crippen LogP contribution in [0.4, 0.5) is 0 Å². The van der Waals surface area contributed by atoms with Crippen LogP contribution < -0.4 is 11.5 Å². The number of primary amides is 1. The lowest BCUT2D eigenvalue weighted by Gasteiger charge is -2.27. The molecule has 1 amide bonds. The highest BCUT2D eigenvalue weighted by atomic mass is 16.5. The predicted octanol–water partition coefficient (Wildman–Crippen LogP) is -0.206. The Hall–Kier alpha value is -0.650. The monoisotopic (exact) mass is 231 g/mol. The second-order valence-electron chi connectivity index (χ2n) is 4.37. The summed E-state index contributed by atoms with van der Waals surface area (Å²) in [6.45, 7) is 8.98. The van der Waals surface area contributed by atoms with Crippen molar-refractivity contribution in [3.05, 3.63) is 0 Å². The molecule has 4 N–H and O–H groups in total. The van der Waals surface area contributed by atoms with Crippen molar-refractivity contribution in [3.8, 4) is 0 Å². The van der Waals surface area contributed by atoms with E-state index < -0.39 is 0 Å². The van der Waals surface area contributed by atoms with Gasteiger partial charge in [-0.25, -0.2) is 0 Å². The van der Waals surface area contributed by atoms with Crippen LogP contribution in [0.15, 0.2) is 0 Å².